The van der Waals surface area contributed by atoms with Gasteiger partial charge in [-0.3, -0.25) is 9.78 Å². The standard InChI is InChI=1S/C22H22FN5O2/c23-15-6-7-17-19(12-15)30-27-20(17)14-8-11-28(13-14)10-3-9-24-22-25-18-5-2-1-4-16(18)21(29)26-22/h1-2,4-7,12,14H,3,8-11,13H2,(H2,24,25,26,29). The van der Waals surface area contributed by atoms with Crippen LogP contribution < -0.4 is 10.9 Å². The number of aromatic amines is 1. The molecule has 1 aliphatic rings. The van der Waals surface area contributed by atoms with E-state index in [4.69, 9.17) is 4.52 Å². The van der Waals surface area contributed by atoms with Gasteiger partial charge in [-0.15, -0.1) is 0 Å². The Morgan fingerprint density at radius 2 is 2.13 bits per heavy atom. The molecule has 0 radical (unpaired) electrons. The number of para-hydroxylation sites is 1. The average Bonchev–Trinajstić information content (AvgIpc) is 3.37. The molecule has 1 fully saturated rings. The average molecular weight is 407 g/mol. The van der Waals surface area contributed by atoms with E-state index in [1.807, 2.05) is 18.2 Å². The van der Waals surface area contributed by atoms with Crippen LogP contribution in [0.25, 0.3) is 21.9 Å². The van der Waals surface area contributed by atoms with Gasteiger partial charge in [0.15, 0.2) is 5.58 Å². The van der Waals surface area contributed by atoms with Gasteiger partial charge in [0.2, 0.25) is 5.95 Å². The molecule has 154 valence electrons. The number of nitrogens with one attached hydrogen (secondary N) is 2. The van der Waals surface area contributed by atoms with E-state index in [9.17, 15) is 9.18 Å². The van der Waals surface area contributed by atoms with Crippen LogP contribution in [0.5, 0.6) is 0 Å². The summed E-state index contributed by atoms with van der Waals surface area (Å²) < 4.78 is 18.7. The third-order valence-electron chi connectivity index (χ3n) is 5.68. The lowest BCUT2D eigenvalue weighted by molar-refractivity contribution is 0.331. The first-order valence-electron chi connectivity index (χ1n) is 10.2. The van der Waals surface area contributed by atoms with E-state index < -0.39 is 0 Å². The van der Waals surface area contributed by atoms with Crippen LogP contribution in [0.2, 0.25) is 0 Å². The van der Waals surface area contributed by atoms with Crippen molar-refractivity contribution in [2.45, 2.75) is 18.8 Å². The molecule has 4 aromatic rings. The lowest BCUT2D eigenvalue weighted by atomic mass is 10.0. The highest BCUT2D eigenvalue weighted by molar-refractivity contribution is 5.80. The van der Waals surface area contributed by atoms with Gasteiger partial charge in [0.1, 0.15) is 5.82 Å². The summed E-state index contributed by atoms with van der Waals surface area (Å²) in [6, 6.07) is 11.9. The molecule has 7 nitrogen and oxygen atoms in total. The summed E-state index contributed by atoms with van der Waals surface area (Å²) in [4.78, 5) is 21.8. The number of hydrogen-bond acceptors (Lipinski definition) is 6. The molecule has 0 saturated carbocycles. The molecular weight excluding hydrogens is 385 g/mol. The summed E-state index contributed by atoms with van der Waals surface area (Å²) in [5.41, 5.74) is 1.98. The van der Waals surface area contributed by atoms with E-state index in [-0.39, 0.29) is 11.4 Å². The number of fused-ring (bicyclic) bond motifs is 2. The number of benzene rings is 2. The van der Waals surface area contributed by atoms with Crippen LogP contribution in [0.15, 0.2) is 51.8 Å². The Labute approximate surface area is 171 Å². The second kappa shape index (κ2) is 7.87. The van der Waals surface area contributed by atoms with Gasteiger partial charge in [-0.05, 0) is 50.2 Å². The van der Waals surface area contributed by atoms with E-state index in [0.717, 1.165) is 43.6 Å². The largest absolute Gasteiger partial charge is 0.356 e. The molecule has 30 heavy (non-hydrogen) atoms. The Morgan fingerprint density at radius 1 is 1.23 bits per heavy atom. The van der Waals surface area contributed by atoms with E-state index >= 15 is 0 Å². The quantitative estimate of drug-likeness (QED) is 0.476. The summed E-state index contributed by atoms with van der Waals surface area (Å²) in [7, 11) is 0. The predicted molar refractivity (Wildman–Crippen MR) is 113 cm³/mol. The molecule has 0 bridgehead atoms. The lowest BCUT2D eigenvalue weighted by Gasteiger charge is -2.15. The number of rotatable bonds is 6. The van der Waals surface area contributed by atoms with Crippen molar-refractivity contribution in [2.75, 3.05) is 31.5 Å². The maximum atomic E-state index is 13.4. The van der Waals surface area contributed by atoms with Gasteiger partial charge in [-0.1, -0.05) is 17.3 Å². The Bertz CT molecular complexity index is 1250. The minimum atomic E-state index is -0.312. The zero-order valence-corrected chi connectivity index (χ0v) is 16.4. The highest BCUT2D eigenvalue weighted by Crippen LogP contribution is 2.32. The topological polar surface area (TPSA) is 87.0 Å². The van der Waals surface area contributed by atoms with Gasteiger partial charge in [0, 0.05) is 30.5 Å². The van der Waals surface area contributed by atoms with Gasteiger partial charge in [0.25, 0.3) is 5.56 Å². The summed E-state index contributed by atoms with van der Waals surface area (Å²) in [6.45, 7) is 3.55. The van der Waals surface area contributed by atoms with Crippen molar-refractivity contribution in [3.05, 3.63) is 64.3 Å². The Kier molecular flexibility index (Phi) is 4.92. The monoisotopic (exact) mass is 407 g/mol. The number of aromatic nitrogens is 3. The van der Waals surface area contributed by atoms with Crippen molar-refractivity contribution < 1.29 is 8.91 Å². The Morgan fingerprint density at radius 3 is 3.07 bits per heavy atom. The first-order chi connectivity index (χ1) is 14.7. The number of nitrogens with zero attached hydrogens (tertiary/aromatic N) is 3. The molecule has 2 N–H and O–H groups in total. The summed E-state index contributed by atoms with van der Waals surface area (Å²) in [5.74, 6) is 0.482. The second-order valence-corrected chi connectivity index (χ2v) is 7.71. The van der Waals surface area contributed by atoms with Crippen LogP contribution in [-0.2, 0) is 0 Å². The molecule has 3 heterocycles. The Balaban J connectivity index is 1.15. The van der Waals surface area contributed by atoms with Gasteiger partial charge in [0.05, 0.1) is 16.6 Å². The zero-order chi connectivity index (χ0) is 20.5. The fourth-order valence-electron chi connectivity index (χ4n) is 4.16. The van der Waals surface area contributed by atoms with Crippen LogP contribution in [0, 0.1) is 5.82 Å². The third-order valence-corrected chi connectivity index (χ3v) is 5.68. The number of hydrogen-bond donors (Lipinski definition) is 2. The first kappa shape index (κ1) is 18.7. The van der Waals surface area contributed by atoms with Crippen molar-refractivity contribution in [3.8, 4) is 0 Å². The highest BCUT2D eigenvalue weighted by atomic mass is 19.1. The fourth-order valence-corrected chi connectivity index (χ4v) is 4.16. The van der Waals surface area contributed by atoms with Crippen molar-refractivity contribution >= 4 is 27.8 Å². The molecule has 1 unspecified atom stereocenters. The highest BCUT2D eigenvalue weighted by Gasteiger charge is 2.27. The molecule has 0 spiro atoms. The maximum absolute atomic E-state index is 13.4. The summed E-state index contributed by atoms with van der Waals surface area (Å²) in [5, 5.41) is 8.90. The van der Waals surface area contributed by atoms with E-state index in [1.165, 1.54) is 12.1 Å². The van der Waals surface area contributed by atoms with Crippen molar-refractivity contribution in [2.24, 2.45) is 0 Å². The summed E-state index contributed by atoms with van der Waals surface area (Å²) >= 11 is 0. The van der Waals surface area contributed by atoms with E-state index in [1.54, 1.807) is 12.1 Å². The number of H-pyrrole nitrogens is 1. The molecule has 8 heteroatoms. The van der Waals surface area contributed by atoms with Crippen LogP contribution >= 0.6 is 0 Å². The molecule has 5 rings (SSSR count). The van der Waals surface area contributed by atoms with Gasteiger partial charge in [-0.25, -0.2) is 9.37 Å². The van der Waals surface area contributed by atoms with E-state index in [2.05, 4.69) is 25.3 Å². The molecule has 2 aromatic heterocycles. The zero-order valence-electron chi connectivity index (χ0n) is 16.4. The van der Waals surface area contributed by atoms with E-state index in [0.29, 0.717) is 34.9 Å². The van der Waals surface area contributed by atoms with Crippen molar-refractivity contribution in [3.63, 3.8) is 0 Å². The molecule has 0 aliphatic carbocycles. The first-order valence-corrected chi connectivity index (χ1v) is 10.2. The smallest absolute Gasteiger partial charge is 0.260 e. The lowest BCUT2D eigenvalue weighted by Crippen LogP contribution is -2.24. The SMILES string of the molecule is O=c1[nH]c(NCCCN2CCC(c3noc4cc(F)ccc34)C2)nc2ccccc12. The minimum Gasteiger partial charge on any atom is -0.356 e. The van der Waals surface area contributed by atoms with Crippen molar-refractivity contribution in [1.82, 2.24) is 20.0 Å². The number of halogens is 1. The molecule has 1 saturated heterocycles. The molecule has 2 aromatic carbocycles. The maximum Gasteiger partial charge on any atom is 0.260 e. The molecular formula is C22H22FN5O2. The molecule has 0 amide bonds. The summed E-state index contributed by atoms with van der Waals surface area (Å²) in [6.07, 6.45) is 1.93. The number of anilines is 1. The molecule has 1 aliphatic heterocycles. The molecule has 1 atom stereocenters. The Hall–Kier alpha value is -3.26. The van der Waals surface area contributed by atoms with Crippen LogP contribution in [0.1, 0.15) is 24.5 Å². The van der Waals surface area contributed by atoms with Crippen LogP contribution in [-0.4, -0.2) is 46.2 Å². The van der Waals surface area contributed by atoms with Crippen LogP contribution in [0.4, 0.5) is 10.3 Å². The van der Waals surface area contributed by atoms with Gasteiger partial charge in [-0.2, -0.15) is 0 Å². The predicted octanol–water partition coefficient (Wildman–Crippen LogP) is 3.49. The van der Waals surface area contributed by atoms with Crippen LogP contribution in [0.3, 0.4) is 0 Å². The van der Waals surface area contributed by atoms with Crippen molar-refractivity contribution in [1.29, 1.82) is 0 Å². The minimum absolute atomic E-state index is 0.134. The van der Waals surface area contributed by atoms with Gasteiger partial charge < -0.3 is 14.7 Å². The second-order valence-electron chi connectivity index (χ2n) is 7.71. The fraction of sp³-hybridized carbons (Fsp3) is 0.318. The normalized spacial score (nSPS) is 17.2. The van der Waals surface area contributed by atoms with Gasteiger partial charge >= 0.3 is 0 Å². The third kappa shape index (κ3) is 3.66. The number of likely N-dealkylation sites (tertiary alicyclic amines) is 1.